The van der Waals surface area contributed by atoms with E-state index in [1.807, 2.05) is 13.8 Å². The lowest BCUT2D eigenvalue weighted by atomic mass is 10.1. The number of carbonyl (C=O) groups is 2. The van der Waals surface area contributed by atoms with E-state index in [1.165, 1.54) is 0 Å². The van der Waals surface area contributed by atoms with Crippen molar-refractivity contribution in [2.75, 3.05) is 0 Å². The maximum Gasteiger partial charge on any atom is 0.305 e. The number of carboxylic acid groups (broad SMARTS) is 1. The number of carbonyl (C=O) groups excluding carboxylic acids is 1. The van der Waals surface area contributed by atoms with E-state index in [-0.39, 0.29) is 18.4 Å². The molecule has 1 unspecified atom stereocenters. The fraction of sp³-hybridized carbons (Fsp3) is 0.818. The van der Waals surface area contributed by atoms with Crippen molar-refractivity contribution < 1.29 is 14.7 Å². The van der Waals surface area contributed by atoms with Crippen LogP contribution in [0.1, 0.15) is 46.0 Å². The van der Waals surface area contributed by atoms with Gasteiger partial charge in [-0.1, -0.05) is 26.7 Å². The Morgan fingerprint density at radius 2 is 1.81 bits per heavy atom. The van der Waals surface area contributed by atoms with E-state index in [1.54, 1.807) is 0 Å². The Morgan fingerprint density at radius 3 is 2.25 bits per heavy atom. The number of hydrogen-bond acceptors (Lipinski definition) is 3. The standard InChI is InChI=1S/C11H22N2O3/c1-3-5-8(7-10(14)15)13-11(16)9(12)6-4-2/h8-9H,3-7,12H2,1-2H3,(H,13,16)(H,14,15)/t8?,9-/m1/s1. The van der Waals surface area contributed by atoms with Gasteiger partial charge in [-0.25, -0.2) is 0 Å². The summed E-state index contributed by atoms with van der Waals surface area (Å²) in [7, 11) is 0. The molecule has 0 aliphatic rings. The van der Waals surface area contributed by atoms with Crippen LogP contribution < -0.4 is 11.1 Å². The summed E-state index contributed by atoms with van der Waals surface area (Å²) in [6.07, 6.45) is 2.92. The topological polar surface area (TPSA) is 92.4 Å². The zero-order valence-corrected chi connectivity index (χ0v) is 10.0. The molecule has 0 aromatic carbocycles. The lowest BCUT2D eigenvalue weighted by Crippen LogP contribution is -2.46. The summed E-state index contributed by atoms with van der Waals surface area (Å²) in [5.41, 5.74) is 5.64. The van der Waals surface area contributed by atoms with Gasteiger partial charge >= 0.3 is 5.97 Å². The van der Waals surface area contributed by atoms with Crippen molar-refractivity contribution in [3.05, 3.63) is 0 Å². The third-order valence-electron chi connectivity index (χ3n) is 2.34. The van der Waals surface area contributed by atoms with E-state index >= 15 is 0 Å². The first-order valence-electron chi connectivity index (χ1n) is 5.79. The molecule has 1 amide bonds. The highest BCUT2D eigenvalue weighted by Crippen LogP contribution is 2.03. The molecule has 5 nitrogen and oxygen atoms in total. The first kappa shape index (κ1) is 14.9. The molecule has 2 atom stereocenters. The van der Waals surface area contributed by atoms with E-state index in [9.17, 15) is 9.59 Å². The minimum absolute atomic E-state index is 0.0432. The molecular formula is C11H22N2O3. The van der Waals surface area contributed by atoms with Crippen LogP contribution in [0.3, 0.4) is 0 Å². The number of rotatable bonds is 8. The van der Waals surface area contributed by atoms with Gasteiger partial charge in [0.2, 0.25) is 5.91 Å². The highest BCUT2D eigenvalue weighted by molar-refractivity contribution is 5.82. The van der Waals surface area contributed by atoms with Gasteiger partial charge in [-0.3, -0.25) is 9.59 Å². The first-order chi connectivity index (χ1) is 7.51. The second-order valence-electron chi connectivity index (χ2n) is 3.99. The molecule has 0 heterocycles. The Balaban J connectivity index is 4.16. The third-order valence-corrected chi connectivity index (χ3v) is 2.34. The van der Waals surface area contributed by atoms with E-state index in [4.69, 9.17) is 10.8 Å². The van der Waals surface area contributed by atoms with E-state index in [0.29, 0.717) is 12.8 Å². The average molecular weight is 230 g/mol. The lowest BCUT2D eigenvalue weighted by molar-refractivity contribution is -0.137. The Labute approximate surface area is 96.4 Å². The molecule has 0 bridgehead atoms. The minimum Gasteiger partial charge on any atom is -0.481 e. The molecule has 94 valence electrons. The fourth-order valence-corrected chi connectivity index (χ4v) is 1.53. The Morgan fingerprint density at radius 1 is 1.25 bits per heavy atom. The van der Waals surface area contributed by atoms with Crippen molar-refractivity contribution in [1.29, 1.82) is 0 Å². The Kier molecular flexibility index (Phi) is 7.54. The van der Waals surface area contributed by atoms with E-state index < -0.39 is 12.0 Å². The largest absolute Gasteiger partial charge is 0.481 e. The number of nitrogens with one attached hydrogen (secondary N) is 1. The molecule has 4 N–H and O–H groups in total. The van der Waals surface area contributed by atoms with Crippen molar-refractivity contribution >= 4 is 11.9 Å². The number of carboxylic acids is 1. The predicted molar refractivity (Wildman–Crippen MR) is 62.0 cm³/mol. The van der Waals surface area contributed by atoms with Crippen LogP contribution in [0.15, 0.2) is 0 Å². The van der Waals surface area contributed by atoms with Crippen LogP contribution in [0.2, 0.25) is 0 Å². The summed E-state index contributed by atoms with van der Waals surface area (Å²) in [5, 5.41) is 11.4. The molecule has 0 aliphatic carbocycles. The van der Waals surface area contributed by atoms with Crippen LogP contribution in [0.4, 0.5) is 0 Å². The number of aliphatic carboxylic acids is 1. The van der Waals surface area contributed by atoms with Crippen LogP contribution in [-0.4, -0.2) is 29.1 Å². The molecular weight excluding hydrogens is 208 g/mol. The molecule has 0 aliphatic heterocycles. The molecule has 0 radical (unpaired) electrons. The van der Waals surface area contributed by atoms with Gasteiger partial charge < -0.3 is 16.2 Å². The zero-order chi connectivity index (χ0) is 12.6. The van der Waals surface area contributed by atoms with Crippen LogP contribution in [-0.2, 0) is 9.59 Å². The lowest BCUT2D eigenvalue weighted by Gasteiger charge is -2.18. The second-order valence-corrected chi connectivity index (χ2v) is 3.99. The van der Waals surface area contributed by atoms with Crippen molar-refractivity contribution in [3.8, 4) is 0 Å². The molecule has 16 heavy (non-hydrogen) atoms. The van der Waals surface area contributed by atoms with Gasteiger partial charge in [0.05, 0.1) is 12.5 Å². The van der Waals surface area contributed by atoms with Gasteiger partial charge in [0.1, 0.15) is 0 Å². The Bertz CT molecular complexity index is 231. The molecule has 0 spiro atoms. The van der Waals surface area contributed by atoms with E-state index in [2.05, 4.69) is 5.32 Å². The second kappa shape index (κ2) is 8.10. The van der Waals surface area contributed by atoms with Crippen LogP contribution >= 0.6 is 0 Å². The van der Waals surface area contributed by atoms with Crippen LogP contribution in [0, 0.1) is 0 Å². The monoisotopic (exact) mass is 230 g/mol. The highest BCUT2D eigenvalue weighted by atomic mass is 16.4. The number of amides is 1. The number of hydrogen-bond donors (Lipinski definition) is 3. The van der Waals surface area contributed by atoms with Gasteiger partial charge in [0.15, 0.2) is 0 Å². The quantitative estimate of drug-likeness (QED) is 0.577. The fourth-order valence-electron chi connectivity index (χ4n) is 1.53. The molecule has 0 saturated heterocycles. The summed E-state index contributed by atoms with van der Waals surface area (Å²) >= 11 is 0. The molecule has 0 aromatic rings. The zero-order valence-electron chi connectivity index (χ0n) is 10.0. The smallest absolute Gasteiger partial charge is 0.305 e. The normalized spacial score (nSPS) is 14.2. The van der Waals surface area contributed by atoms with Crippen molar-refractivity contribution in [2.24, 2.45) is 5.73 Å². The first-order valence-corrected chi connectivity index (χ1v) is 5.79. The summed E-state index contributed by atoms with van der Waals surface area (Å²) in [4.78, 5) is 22.1. The summed E-state index contributed by atoms with van der Waals surface area (Å²) in [6, 6.07) is -0.837. The average Bonchev–Trinajstić information content (AvgIpc) is 2.17. The van der Waals surface area contributed by atoms with E-state index in [0.717, 1.165) is 12.8 Å². The van der Waals surface area contributed by atoms with Crippen LogP contribution in [0.5, 0.6) is 0 Å². The molecule has 0 rings (SSSR count). The van der Waals surface area contributed by atoms with Crippen LogP contribution in [0.25, 0.3) is 0 Å². The highest BCUT2D eigenvalue weighted by Gasteiger charge is 2.18. The van der Waals surface area contributed by atoms with Gasteiger partial charge in [-0.2, -0.15) is 0 Å². The van der Waals surface area contributed by atoms with Crippen molar-refractivity contribution in [3.63, 3.8) is 0 Å². The van der Waals surface area contributed by atoms with Gasteiger partial charge in [-0.15, -0.1) is 0 Å². The molecule has 0 saturated carbocycles. The maximum absolute atomic E-state index is 11.6. The number of nitrogens with two attached hydrogens (primary N) is 1. The summed E-state index contributed by atoms with van der Waals surface area (Å²) < 4.78 is 0. The minimum atomic E-state index is -0.900. The van der Waals surface area contributed by atoms with Crippen molar-refractivity contribution in [2.45, 2.75) is 58.0 Å². The molecule has 0 aromatic heterocycles. The maximum atomic E-state index is 11.6. The Hall–Kier alpha value is -1.10. The molecule has 5 heteroatoms. The summed E-state index contributed by atoms with van der Waals surface area (Å²) in [6.45, 7) is 3.90. The molecule has 0 fully saturated rings. The summed E-state index contributed by atoms with van der Waals surface area (Å²) in [5.74, 6) is -1.15. The van der Waals surface area contributed by atoms with Crippen molar-refractivity contribution in [1.82, 2.24) is 5.32 Å². The van der Waals surface area contributed by atoms with Gasteiger partial charge in [0, 0.05) is 6.04 Å². The predicted octanol–water partition coefficient (Wildman–Crippen LogP) is 0.873. The van der Waals surface area contributed by atoms with Gasteiger partial charge in [-0.05, 0) is 12.8 Å². The van der Waals surface area contributed by atoms with Gasteiger partial charge in [0.25, 0.3) is 0 Å². The third kappa shape index (κ3) is 6.40. The SMILES string of the molecule is CCCC(CC(=O)O)NC(=O)[C@H](N)CCC.